The van der Waals surface area contributed by atoms with E-state index in [1.165, 1.54) is 6.20 Å². The average Bonchev–Trinajstić information content (AvgIpc) is 2.95. The van der Waals surface area contributed by atoms with Crippen molar-refractivity contribution in [1.82, 2.24) is 19.8 Å². The van der Waals surface area contributed by atoms with E-state index in [0.717, 1.165) is 32.7 Å². The molecule has 0 unspecified atom stereocenters. The molecule has 11 nitrogen and oxygen atoms in total. The van der Waals surface area contributed by atoms with Crippen LogP contribution in [0.5, 0.6) is 5.75 Å². The van der Waals surface area contributed by atoms with Gasteiger partial charge in [0.25, 0.3) is 5.91 Å². The zero-order valence-electron chi connectivity index (χ0n) is 22.5. The third kappa shape index (κ3) is 9.25. The molecule has 2 N–H and O–H groups in total. The standard InChI is InChI=1S/C26H39ClN6O5/c1-4-12-36-14-16-38-17-15-37-13-11-32-7-9-33(10-8-32)25(34)20-5-6-22(23(18-20)35-3)30-26-29-19-21(27)24(28-2)31-26/h5-6,18-19H,4,7-17H2,1-3H3,(H2,28,29,30,31). The van der Waals surface area contributed by atoms with Crippen LogP contribution in [0.2, 0.25) is 5.02 Å². The van der Waals surface area contributed by atoms with Gasteiger partial charge in [0.2, 0.25) is 5.95 Å². The van der Waals surface area contributed by atoms with Gasteiger partial charge >= 0.3 is 0 Å². The first-order valence-electron chi connectivity index (χ1n) is 13.0. The van der Waals surface area contributed by atoms with Crippen LogP contribution >= 0.6 is 11.6 Å². The lowest BCUT2D eigenvalue weighted by molar-refractivity contribution is 0.00817. The van der Waals surface area contributed by atoms with Gasteiger partial charge in [-0.25, -0.2) is 4.98 Å². The van der Waals surface area contributed by atoms with E-state index in [1.807, 2.05) is 4.90 Å². The summed E-state index contributed by atoms with van der Waals surface area (Å²) in [5.41, 5.74) is 1.21. The molecule has 38 heavy (non-hydrogen) atoms. The molecule has 210 valence electrons. The molecule has 0 saturated carbocycles. The number of hydrogen-bond donors (Lipinski definition) is 2. The van der Waals surface area contributed by atoms with Gasteiger partial charge in [-0.1, -0.05) is 18.5 Å². The second kappa shape index (κ2) is 16.3. The number of ether oxygens (including phenoxy) is 4. The number of nitrogens with one attached hydrogen (secondary N) is 2. The number of aromatic nitrogens is 2. The lowest BCUT2D eigenvalue weighted by atomic mass is 10.1. The maximum Gasteiger partial charge on any atom is 0.254 e. The van der Waals surface area contributed by atoms with E-state index in [2.05, 4.69) is 32.4 Å². The number of benzene rings is 1. The molecular weight excluding hydrogens is 512 g/mol. The number of rotatable bonds is 16. The van der Waals surface area contributed by atoms with Crippen molar-refractivity contribution in [2.75, 3.05) is 97.2 Å². The first-order valence-corrected chi connectivity index (χ1v) is 13.3. The summed E-state index contributed by atoms with van der Waals surface area (Å²) in [4.78, 5) is 25.9. The smallest absolute Gasteiger partial charge is 0.254 e. The van der Waals surface area contributed by atoms with E-state index >= 15 is 0 Å². The van der Waals surface area contributed by atoms with Crippen molar-refractivity contribution in [3.05, 3.63) is 35.0 Å². The fourth-order valence-corrected chi connectivity index (χ4v) is 4.07. The summed E-state index contributed by atoms with van der Waals surface area (Å²) in [6, 6.07) is 5.30. The van der Waals surface area contributed by atoms with Gasteiger partial charge in [-0.15, -0.1) is 0 Å². The van der Waals surface area contributed by atoms with Gasteiger partial charge in [-0.2, -0.15) is 4.98 Å². The highest BCUT2D eigenvalue weighted by Gasteiger charge is 2.23. The maximum absolute atomic E-state index is 13.1. The van der Waals surface area contributed by atoms with E-state index in [4.69, 9.17) is 30.5 Å². The number of nitrogens with zero attached hydrogens (tertiary/aromatic N) is 4. The van der Waals surface area contributed by atoms with E-state index in [-0.39, 0.29) is 5.91 Å². The molecule has 0 bridgehead atoms. The molecule has 0 radical (unpaired) electrons. The van der Waals surface area contributed by atoms with Crippen LogP contribution in [0.15, 0.2) is 24.4 Å². The van der Waals surface area contributed by atoms with Gasteiger partial charge in [-0.3, -0.25) is 9.69 Å². The van der Waals surface area contributed by atoms with Crippen molar-refractivity contribution in [1.29, 1.82) is 0 Å². The van der Waals surface area contributed by atoms with Gasteiger partial charge in [-0.05, 0) is 24.6 Å². The lowest BCUT2D eigenvalue weighted by Gasteiger charge is -2.34. The van der Waals surface area contributed by atoms with Gasteiger partial charge in [0, 0.05) is 51.9 Å². The number of carbonyl (C=O) groups excluding carboxylic acids is 1. The van der Waals surface area contributed by atoms with E-state index in [0.29, 0.717) is 79.9 Å². The maximum atomic E-state index is 13.1. The molecule has 0 aliphatic carbocycles. The van der Waals surface area contributed by atoms with Crippen LogP contribution in [-0.4, -0.2) is 112 Å². The molecule has 3 rings (SSSR count). The quantitative estimate of drug-likeness (QED) is 0.302. The predicted molar refractivity (Wildman–Crippen MR) is 148 cm³/mol. The summed E-state index contributed by atoms with van der Waals surface area (Å²) < 4.78 is 22.1. The summed E-state index contributed by atoms with van der Waals surface area (Å²) in [6.45, 7) is 9.62. The second-order valence-corrected chi connectivity index (χ2v) is 9.06. The van der Waals surface area contributed by atoms with Crippen molar-refractivity contribution in [3.63, 3.8) is 0 Å². The topological polar surface area (TPSA) is 110 Å². The summed E-state index contributed by atoms with van der Waals surface area (Å²) in [5.74, 6) is 1.37. The SMILES string of the molecule is CCCOCCOCCOCCN1CCN(C(=O)c2ccc(Nc3ncc(Cl)c(NC)n3)c(OC)c2)CC1. The van der Waals surface area contributed by atoms with Crippen molar-refractivity contribution >= 4 is 35.0 Å². The molecule has 0 atom stereocenters. The van der Waals surface area contributed by atoms with E-state index in [9.17, 15) is 4.79 Å². The highest BCUT2D eigenvalue weighted by Crippen LogP contribution is 2.29. The van der Waals surface area contributed by atoms with Crippen LogP contribution in [0.25, 0.3) is 0 Å². The molecule has 1 amide bonds. The van der Waals surface area contributed by atoms with E-state index in [1.54, 1.807) is 32.4 Å². The third-order valence-electron chi connectivity index (χ3n) is 5.98. The fraction of sp³-hybridized carbons (Fsp3) is 0.577. The summed E-state index contributed by atoms with van der Waals surface area (Å²) in [5, 5.41) is 6.46. The molecule has 2 aromatic rings. The molecule has 2 heterocycles. The second-order valence-electron chi connectivity index (χ2n) is 8.65. The van der Waals surface area contributed by atoms with Gasteiger partial charge in [0.05, 0.1) is 52.0 Å². The molecule has 1 aromatic carbocycles. The Labute approximate surface area is 229 Å². The minimum absolute atomic E-state index is 0.0222. The first kappa shape index (κ1) is 29.9. The lowest BCUT2D eigenvalue weighted by Crippen LogP contribution is -2.49. The van der Waals surface area contributed by atoms with E-state index < -0.39 is 0 Å². The molecule has 0 spiro atoms. The minimum atomic E-state index is -0.0222. The number of carbonyl (C=O) groups is 1. The highest BCUT2D eigenvalue weighted by molar-refractivity contribution is 6.32. The molecule has 1 fully saturated rings. The minimum Gasteiger partial charge on any atom is -0.495 e. The van der Waals surface area contributed by atoms with Crippen LogP contribution in [0.1, 0.15) is 23.7 Å². The number of anilines is 3. The molecule has 1 aliphatic heterocycles. The van der Waals surface area contributed by atoms with Crippen molar-refractivity contribution in [2.45, 2.75) is 13.3 Å². The Hall–Kier alpha value is -2.70. The Morgan fingerprint density at radius 1 is 1.03 bits per heavy atom. The normalized spacial score (nSPS) is 13.9. The van der Waals surface area contributed by atoms with Gasteiger partial charge < -0.3 is 34.5 Å². The van der Waals surface area contributed by atoms with Crippen molar-refractivity contribution in [3.8, 4) is 5.75 Å². The molecule has 1 saturated heterocycles. The van der Waals surface area contributed by atoms with Gasteiger partial charge in [0.1, 0.15) is 16.6 Å². The Bertz CT molecular complexity index is 1010. The van der Waals surface area contributed by atoms with Crippen LogP contribution in [-0.2, 0) is 14.2 Å². The molecule has 1 aromatic heterocycles. The van der Waals surface area contributed by atoms with Crippen molar-refractivity contribution < 1.29 is 23.7 Å². The zero-order chi connectivity index (χ0) is 27.2. The van der Waals surface area contributed by atoms with Crippen molar-refractivity contribution in [2.24, 2.45) is 0 Å². The summed E-state index contributed by atoms with van der Waals surface area (Å²) in [7, 11) is 3.29. The van der Waals surface area contributed by atoms with Crippen LogP contribution in [0.4, 0.5) is 17.5 Å². The number of piperazine rings is 1. The first-order chi connectivity index (χ1) is 18.5. The fourth-order valence-electron chi connectivity index (χ4n) is 3.89. The Morgan fingerprint density at radius 3 is 2.37 bits per heavy atom. The Balaban J connectivity index is 1.40. The Kier molecular flexibility index (Phi) is 12.8. The number of hydrogen-bond acceptors (Lipinski definition) is 10. The summed E-state index contributed by atoms with van der Waals surface area (Å²) >= 11 is 6.06. The largest absolute Gasteiger partial charge is 0.495 e. The number of halogens is 1. The third-order valence-corrected chi connectivity index (χ3v) is 6.26. The van der Waals surface area contributed by atoms with Crippen LogP contribution in [0, 0.1) is 0 Å². The average molecular weight is 551 g/mol. The zero-order valence-corrected chi connectivity index (χ0v) is 23.3. The number of amides is 1. The monoisotopic (exact) mass is 550 g/mol. The predicted octanol–water partition coefficient (Wildman–Crippen LogP) is 3.14. The highest BCUT2D eigenvalue weighted by atomic mass is 35.5. The molecular formula is C26H39ClN6O5. The Morgan fingerprint density at radius 2 is 1.71 bits per heavy atom. The van der Waals surface area contributed by atoms with Crippen LogP contribution in [0.3, 0.4) is 0 Å². The molecule has 12 heteroatoms. The number of methoxy groups -OCH3 is 1. The van der Waals surface area contributed by atoms with Crippen LogP contribution < -0.4 is 15.4 Å². The van der Waals surface area contributed by atoms with Gasteiger partial charge in [0.15, 0.2) is 0 Å². The summed E-state index contributed by atoms with van der Waals surface area (Å²) in [6.07, 6.45) is 2.53. The molecule has 1 aliphatic rings.